The summed E-state index contributed by atoms with van der Waals surface area (Å²) in [6.07, 6.45) is 14.1. The van der Waals surface area contributed by atoms with Crippen LogP contribution >= 0.6 is 0 Å². The van der Waals surface area contributed by atoms with E-state index in [1.165, 1.54) is 44.9 Å². The SMILES string of the molecule is CCN(CC)C(=O)CCC[C@@H](C)[C@H]1CC[C@H]2[C@@H]3CC[C@@H]4CC(=O)CC[C@]4(C)[C@H]3CC[C@]12C. The molecule has 0 N–H and O–H groups in total. The van der Waals surface area contributed by atoms with E-state index in [1.54, 1.807) is 0 Å². The second kappa shape index (κ2) is 9.41. The Morgan fingerprint density at radius 1 is 1.00 bits per heavy atom. The van der Waals surface area contributed by atoms with Crippen LogP contribution in [0.15, 0.2) is 0 Å². The summed E-state index contributed by atoms with van der Waals surface area (Å²) in [6.45, 7) is 13.5. The van der Waals surface area contributed by atoms with Crippen LogP contribution in [0.5, 0.6) is 0 Å². The lowest BCUT2D eigenvalue weighted by atomic mass is 9.44. The minimum absolute atomic E-state index is 0.342. The molecular formula is C29H49NO2. The summed E-state index contributed by atoms with van der Waals surface area (Å²) in [4.78, 5) is 26.6. The van der Waals surface area contributed by atoms with Crippen LogP contribution in [0.25, 0.3) is 0 Å². The van der Waals surface area contributed by atoms with E-state index in [1.807, 2.05) is 4.90 Å². The lowest BCUT2D eigenvalue weighted by Crippen LogP contribution is -2.53. The fraction of sp³-hybridized carbons (Fsp3) is 0.931. The van der Waals surface area contributed by atoms with E-state index in [4.69, 9.17) is 0 Å². The molecule has 1 amide bonds. The Hall–Kier alpha value is -0.860. The van der Waals surface area contributed by atoms with Crippen LogP contribution in [0.2, 0.25) is 0 Å². The lowest BCUT2D eigenvalue weighted by molar-refractivity contribution is -0.140. The highest BCUT2D eigenvalue weighted by atomic mass is 16.2. The summed E-state index contributed by atoms with van der Waals surface area (Å²) in [5.41, 5.74) is 0.920. The number of rotatable bonds is 7. The summed E-state index contributed by atoms with van der Waals surface area (Å²) in [5.74, 6) is 5.73. The smallest absolute Gasteiger partial charge is 0.222 e. The molecule has 0 bridgehead atoms. The zero-order valence-corrected chi connectivity index (χ0v) is 21.6. The van der Waals surface area contributed by atoms with E-state index < -0.39 is 0 Å². The van der Waals surface area contributed by atoms with Gasteiger partial charge in [0.1, 0.15) is 5.78 Å². The van der Waals surface area contributed by atoms with Gasteiger partial charge in [-0.3, -0.25) is 9.59 Å². The molecule has 4 aliphatic carbocycles. The Balaban J connectivity index is 1.38. The monoisotopic (exact) mass is 443 g/mol. The predicted octanol–water partition coefficient (Wildman–Crippen LogP) is 6.89. The van der Waals surface area contributed by atoms with Crippen molar-refractivity contribution >= 4 is 11.7 Å². The number of carbonyl (C=O) groups excluding carboxylic acids is 2. The van der Waals surface area contributed by atoms with Crippen molar-refractivity contribution in [1.29, 1.82) is 0 Å². The molecule has 0 aromatic carbocycles. The van der Waals surface area contributed by atoms with Crippen molar-refractivity contribution in [3.8, 4) is 0 Å². The quantitative estimate of drug-likeness (QED) is 0.429. The van der Waals surface area contributed by atoms with Gasteiger partial charge >= 0.3 is 0 Å². The molecule has 0 aromatic heterocycles. The molecule has 32 heavy (non-hydrogen) atoms. The normalized spacial score (nSPS) is 42.0. The number of hydrogen-bond donors (Lipinski definition) is 0. The number of nitrogens with zero attached hydrogens (tertiary/aromatic N) is 1. The van der Waals surface area contributed by atoms with Crippen LogP contribution in [0.1, 0.15) is 112 Å². The molecular weight excluding hydrogens is 394 g/mol. The Morgan fingerprint density at radius 2 is 1.72 bits per heavy atom. The van der Waals surface area contributed by atoms with Gasteiger partial charge in [-0.25, -0.2) is 0 Å². The Kier molecular flexibility index (Phi) is 7.14. The molecule has 4 fully saturated rings. The van der Waals surface area contributed by atoms with Gasteiger partial charge in [0, 0.05) is 32.4 Å². The van der Waals surface area contributed by atoms with Crippen molar-refractivity contribution in [2.75, 3.05) is 13.1 Å². The van der Waals surface area contributed by atoms with E-state index in [-0.39, 0.29) is 0 Å². The maximum Gasteiger partial charge on any atom is 0.222 e. The van der Waals surface area contributed by atoms with Crippen molar-refractivity contribution in [2.45, 2.75) is 112 Å². The zero-order chi connectivity index (χ0) is 23.1. The topological polar surface area (TPSA) is 37.4 Å². The molecule has 0 saturated heterocycles. The minimum Gasteiger partial charge on any atom is -0.343 e. The van der Waals surface area contributed by atoms with E-state index >= 15 is 0 Å². The van der Waals surface area contributed by atoms with Gasteiger partial charge in [0.05, 0.1) is 0 Å². The molecule has 3 nitrogen and oxygen atoms in total. The van der Waals surface area contributed by atoms with Gasteiger partial charge in [0.25, 0.3) is 0 Å². The molecule has 4 saturated carbocycles. The number of hydrogen-bond acceptors (Lipinski definition) is 2. The van der Waals surface area contributed by atoms with E-state index in [9.17, 15) is 9.59 Å². The van der Waals surface area contributed by atoms with Gasteiger partial charge in [-0.15, -0.1) is 0 Å². The van der Waals surface area contributed by atoms with Gasteiger partial charge in [-0.2, -0.15) is 0 Å². The number of ketones is 1. The second-order valence-electron chi connectivity index (χ2n) is 12.6. The van der Waals surface area contributed by atoms with Crippen LogP contribution in [0.4, 0.5) is 0 Å². The molecule has 0 aromatic rings. The number of amides is 1. The van der Waals surface area contributed by atoms with Gasteiger partial charge in [-0.1, -0.05) is 20.8 Å². The molecule has 0 radical (unpaired) electrons. The molecule has 0 unspecified atom stereocenters. The van der Waals surface area contributed by atoms with Crippen molar-refractivity contribution in [2.24, 2.45) is 46.3 Å². The van der Waals surface area contributed by atoms with Gasteiger partial charge in [-0.05, 0) is 118 Å². The third kappa shape index (κ3) is 4.09. The van der Waals surface area contributed by atoms with Gasteiger partial charge in [0.2, 0.25) is 5.91 Å². The largest absolute Gasteiger partial charge is 0.343 e. The summed E-state index contributed by atoms with van der Waals surface area (Å²) in [6, 6.07) is 0. The molecule has 3 heteroatoms. The molecule has 0 aliphatic heterocycles. The standard InChI is InChI=1S/C29H49NO2/c1-6-30(7-2)27(32)10-8-9-20(3)24-13-14-25-23-12-11-21-19-22(31)15-17-28(21,4)26(23)16-18-29(24,25)5/h20-21,23-26H,6-19H2,1-5H3/t20-,21-,23+,24-,25+,26+,28+,29-/m1/s1. The first-order valence-corrected chi connectivity index (χ1v) is 14.0. The highest BCUT2D eigenvalue weighted by Crippen LogP contribution is 2.68. The fourth-order valence-corrected chi connectivity index (χ4v) is 9.53. The maximum atomic E-state index is 12.4. The first-order chi connectivity index (χ1) is 15.2. The van der Waals surface area contributed by atoms with Crippen LogP contribution < -0.4 is 0 Å². The first-order valence-electron chi connectivity index (χ1n) is 14.0. The molecule has 4 aliphatic rings. The predicted molar refractivity (Wildman–Crippen MR) is 131 cm³/mol. The van der Waals surface area contributed by atoms with Crippen molar-refractivity contribution in [3.05, 3.63) is 0 Å². The lowest BCUT2D eigenvalue weighted by Gasteiger charge is -2.60. The highest BCUT2D eigenvalue weighted by Gasteiger charge is 2.60. The Morgan fingerprint density at radius 3 is 2.44 bits per heavy atom. The number of carbonyl (C=O) groups is 2. The minimum atomic E-state index is 0.342. The number of fused-ring (bicyclic) bond motifs is 5. The van der Waals surface area contributed by atoms with Crippen LogP contribution in [0, 0.1) is 46.3 Å². The van der Waals surface area contributed by atoms with Crippen LogP contribution in [-0.2, 0) is 9.59 Å². The summed E-state index contributed by atoms with van der Waals surface area (Å²) in [5, 5.41) is 0. The van der Waals surface area contributed by atoms with Crippen LogP contribution in [-0.4, -0.2) is 29.7 Å². The molecule has 182 valence electrons. The zero-order valence-electron chi connectivity index (χ0n) is 21.6. The Labute approximate surface area is 197 Å². The average molecular weight is 444 g/mol. The van der Waals surface area contributed by atoms with Crippen molar-refractivity contribution in [3.63, 3.8) is 0 Å². The van der Waals surface area contributed by atoms with E-state index in [2.05, 4.69) is 34.6 Å². The summed E-state index contributed by atoms with van der Waals surface area (Å²) in [7, 11) is 0. The first kappa shape index (κ1) is 24.3. The fourth-order valence-electron chi connectivity index (χ4n) is 9.53. The van der Waals surface area contributed by atoms with E-state index in [0.717, 1.165) is 74.8 Å². The van der Waals surface area contributed by atoms with Gasteiger partial charge < -0.3 is 4.90 Å². The number of Topliss-reactive ketones (excluding diaryl/α,β-unsaturated/α-hetero) is 1. The molecule has 4 rings (SSSR count). The average Bonchev–Trinajstić information content (AvgIpc) is 3.12. The highest BCUT2D eigenvalue weighted by molar-refractivity contribution is 5.79. The van der Waals surface area contributed by atoms with Crippen molar-refractivity contribution in [1.82, 2.24) is 4.90 Å². The molecule has 0 heterocycles. The summed E-state index contributed by atoms with van der Waals surface area (Å²) < 4.78 is 0. The molecule has 8 atom stereocenters. The molecule has 0 spiro atoms. The maximum absolute atomic E-state index is 12.4. The van der Waals surface area contributed by atoms with Crippen molar-refractivity contribution < 1.29 is 9.59 Å². The third-order valence-corrected chi connectivity index (χ3v) is 11.4. The third-order valence-electron chi connectivity index (χ3n) is 11.4. The van der Waals surface area contributed by atoms with Crippen LogP contribution in [0.3, 0.4) is 0 Å². The van der Waals surface area contributed by atoms with Gasteiger partial charge in [0.15, 0.2) is 0 Å². The second-order valence-corrected chi connectivity index (χ2v) is 12.6. The summed E-state index contributed by atoms with van der Waals surface area (Å²) >= 11 is 0. The Bertz CT molecular complexity index is 699. The van der Waals surface area contributed by atoms with E-state index in [0.29, 0.717) is 28.4 Å².